The lowest BCUT2D eigenvalue weighted by atomic mass is 9.78. The van der Waals surface area contributed by atoms with E-state index in [1.807, 2.05) is 24.3 Å². The highest BCUT2D eigenvalue weighted by Gasteiger charge is 2.33. The minimum Gasteiger partial charge on any atom is -0.478 e. The summed E-state index contributed by atoms with van der Waals surface area (Å²) in [7, 11) is 0. The van der Waals surface area contributed by atoms with Crippen LogP contribution in [0.2, 0.25) is 0 Å². The molecule has 19 heavy (non-hydrogen) atoms. The molecule has 1 aromatic carbocycles. The fraction of sp³-hybridized carbons (Fsp3) is 0.333. The lowest BCUT2D eigenvalue weighted by molar-refractivity contribution is 0.0697. The Morgan fingerprint density at radius 3 is 2.74 bits per heavy atom. The van der Waals surface area contributed by atoms with Crippen LogP contribution in [0, 0.1) is 0 Å². The van der Waals surface area contributed by atoms with Crippen molar-refractivity contribution in [2.45, 2.75) is 31.7 Å². The van der Waals surface area contributed by atoms with Gasteiger partial charge in [-0.1, -0.05) is 18.2 Å². The molecular weight excluding hydrogens is 240 g/mol. The number of aromatic nitrogens is 1. The van der Waals surface area contributed by atoms with Gasteiger partial charge >= 0.3 is 5.97 Å². The fourth-order valence-electron chi connectivity index (χ4n) is 2.57. The highest BCUT2D eigenvalue weighted by atomic mass is 16.4. The van der Waals surface area contributed by atoms with Gasteiger partial charge in [0.1, 0.15) is 5.56 Å². The van der Waals surface area contributed by atoms with E-state index in [1.54, 1.807) is 0 Å². The molecule has 1 aliphatic rings. The molecule has 0 amide bonds. The van der Waals surface area contributed by atoms with E-state index in [0.29, 0.717) is 5.69 Å². The highest BCUT2D eigenvalue weighted by Crippen LogP contribution is 2.37. The van der Waals surface area contributed by atoms with Gasteiger partial charge in [-0.3, -0.25) is 4.98 Å². The van der Waals surface area contributed by atoms with Crippen LogP contribution in [0.25, 0.3) is 10.9 Å². The predicted molar refractivity (Wildman–Crippen MR) is 74.6 cm³/mol. The highest BCUT2D eigenvalue weighted by molar-refractivity contribution is 6.04. The average molecular weight is 256 g/mol. The molecule has 0 unspecified atom stereocenters. The van der Waals surface area contributed by atoms with Crippen molar-refractivity contribution in [3.8, 4) is 0 Å². The Balaban J connectivity index is 2.16. The molecule has 1 saturated carbocycles. The number of aromatic carboxylic acids is 1. The van der Waals surface area contributed by atoms with E-state index in [0.717, 1.165) is 23.7 Å². The predicted octanol–water partition coefficient (Wildman–Crippen LogP) is 3.29. The Morgan fingerprint density at radius 2 is 2.11 bits per heavy atom. The van der Waals surface area contributed by atoms with E-state index in [1.165, 1.54) is 12.6 Å². The summed E-state index contributed by atoms with van der Waals surface area (Å²) in [6.45, 7) is 2.14. The van der Waals surface area contributed by atoms with E-state index >= 15 is 0 Å². The summed E-state index contributed by atoms with van der Waals surface area (Å²) in [6, 6.07) is 7.63. The molecule has 1 fully saturated rings. The van der Waals surface area contributed by atoms with Gasteiger partial charge in [-0.05, 0) is 32.3 Å². The Kier molecular flexibility index (Phi) is 2.66. The number of nitrogens with zero attached hydrogens (tertiary/aromatic N) is 1. The molecule has 0 aliphatic heterocycles. The van der Waals surface area contributed by atoms with Crippen molar-refractivity contribution >= 4 is 22.6 Å². The van der Waals surface area contributed by atoms with Gasteiger partial charge in [-0.15, -0.1) is 0 Å². The summed E-state index contributed by atoms with van der Waals surface area (Å²) in [5, 5.41) is 13.6. The van der Waals surface area contributed by atoms with Crippen molar-refractivity contribution in [2.75, 3.05) is 5.32 Å². The molecule has 4 heteroatoms. The van der Waals surface area contributed by atoms with Crippen LogP contribution in [0.1, 0.15) is 36.5 Å². The number of pyridine rings is 1. The summed E-state index contributed by atoms with van der Waals surface area (Å²) in [4.78, 5) is 15.6. The van der Waals surface area contributed by atoms with Crippen LogP contribution >= 0.6 is 0 Å². The summed E-state index contributed by atoms with van der Waals surface area (Å²) in [5.41, 5.74) is 1.76. The Hall–Kier alpha value is -2.10. The Labute approximate surface area is 111 Å². The number of carbonyl (C=O) groups is 1. The standard InChI is InChI=1S/C15H16N2O2/c1-15(7-4-8-15)17-13-10-5-2-3-6-12(10)16-9-11(13)14(18)19/h2-3,5-6,9H,4,7-8H2,1H3,(H,16,17)(H,18,19). The van der Waals surface area contributed by atoms with Gasteiger partial charge in [0.2, 0.25) is 0 Å². The largest absolute Gasteiger partial charge is 0.478 e. The summed E-state index contributed by atoms with van der Waals surface area (Å²) >= 11 is 0. The van der Waals surface area contributed by atoms with Gasteiger partial charge in [-0.2, -0.15) is 0 Å². The lowest BCUT2D eigenvalue weighted by Gasteiger charge is -2.40. The maximum absolute atomic E-state index is 11.4. The van der Waals surface area contributed by atoms with E-state index in [-0.39, 0.29) is 11.1 Å². The minimum absolute atomic E-state index is 0.00826. The topological polar surface area (TPSA) is 62.2 Å². The molecule has 1 heterocycles. The van der Waals surface area contributed by atoms with Crippen molar-refractivity contribution in [3.05, 3.63) is 36.0 Å². The molecule has 0 atom stereocenters. The van der Waals surface area contributed by atoms with Gasteiger partial charge in [0.25, 0.3) is 0 Å². The van der Waals surface area contributed by atoms with Gasteiger partial charge in [0.15, 0.2) is 0 Å². The SMILES string of the molecule is CC1(Nc2c(C(=O)O)cnc3ccccc23)CCC1. The molecule has 0 radical (unpaired) electrons. The first kappa shape index (κ1) is 12.0. The molecule has 1 aromatic heterocycles. The molecule has 3 rings (SSSR count). The van der Waals surface area contributed by atoms with Crippen LogP contribution in [0.3, 0.4) is 0 Å². The number of fused-ring (bicyclic) bond motifs is 1. The number of carboxylic acids is 1. The van der Waals surface area contributed by atoms with Crippen LogP contribution < -0.4 is 5.32 Å². The average Bonchev–Trinajstić information content (AvgIpc) is 2.37. The van der Waals surface area contributed by atoms with Crippen molar-refractivity contribution in [3.63, 3.8) is 0 Å². The maximum atomic E-state index is 11.4. The molecule has 2 N–H and O–H groups in total. The molecule has 4 nitrogen and oxygen atoms in total. The number of para-hydroxylation sites is 1. The number of hydrogen-bond donors (Lipinski definition) is 2. The third-order valence-electron chi connectivity index (χ3n) is 3.89. The third-order valence-corrected chi connectivity index (χ3v) is 3.89. The van der Waals surface area contributed by atoms with Crippen molar-refractivity contribution in [1.29, 1.82) is 0 Å². The van der Waals surface area contributed by atoms with Crippen LogP contribution in [0.5, 0.6) is 0 Å². The molecule has 0 bridgehead atoms. The number of benzene rings is 1. The van der Waals surface area contributed by atoms with E-state index in [2.05, 4.69) is 17.2 Å². The van der Waals surface area contributed by atoms with E-state index in [4.69, 9.17) is 0 Å². The van der Waals surface area contributed by atoms with Gasteiger partial charge in [0, 0.05) is 17.1 Å². The third kappa shape index (κ3) is 2.03. The van der Waals surface area contributed by atoms with Gasteiger partial charge in [0.05, 0.1) is 11.2 Å². The van der Waals surface area contributed by atoms with Crippen molar-refractivity contribution in [2.24, 2.45) is 0 Å². The number of hydrogen-bond acceptors (Lipinski definition) is 3. The monoisotopic (exact) mass is 256 g/mol. The van der Waals surface area contributed by atoms with Crippen LogP contribution in [0.15, 0.2) is 30.5 Å². The number of rotatable bonds is 3. The first-order valence-electron chi connectivity index (χ1n) is 6.48. The zero-order valence-electron chi connectivity index (χ0n) is 10.8. The Morgan fingerprint density at radius 1 is 1.37 bits per heavy atom. The smallest absolute Gasteiger partial charge is 0.339 e. The van der Waals surface area contributed by atoms with Crippen LogP contribution in [-0.4, -0.2) is 21.6 Å². The molecule has 0 saturated heterocycles. The fourth-order valence-corrected chi connectivity index (χ4v) is 2.57. The summed E-state index contributed by atoms with van der Waals surface area (Å²) in [6.07, 6.45) is 4.77. The first-order chi connectivity index (χ1) is 9.09. The minimum atomic E-state index is -0.941. The maximum Gasteiger partial charge on any atom is 0.339 e. The lowest BCUT2D eigenvalue weighted by Crippen LogP contribution is -2.42. The molecule has 2 aromatic rings. The Bertz CT molecular complexity index is 648. The molecule has 1 aliphatic carbocycles. The van der Waals surface area contributed by atoms with Crippen molar-refractivity contribution < 1.29 is 9.90 Å². The molecular formula is C15H16N2O2. The molecule has 98 valence electrons. The normalized spacial score (nSPS) is 16.9. The number of carboxylic acid groups (broad SMARTS) is 1. The second kappa shape index (κ2) is 4.23. The summed E-state index contributed by atoms with van der Waals surface area (Å²) in [5.74, 6) is -0.941. The quantitative estimate of drug-likeness (QED) is 0.884. The van der Waals surface area contributed by atoms with E-state index in [9.17, 15) is 9.90 Å². The molecule has 0 spiro atoms. The second-order valence-electron chi connectivity index (χ2n) is 5.41. The van der Waals surface area contributed by atoms with Crippen LogP contribution in [0.4, 0.5) is 5.69 Å². The summed E-state index contributed by atoms with van der Waals surface area (Å²) < 4.78 is 0. The first-order valence-corrected chi connectivity index (χ1v) is 6.48. The van der Waals surface area contributed by atoms with Gasteiger partial charge < -0.3 is 10.4 Å². The van der Waals surface area contributed by atoms with E-state index < -0.39 is 5.97 Å². The number of anilines is 1. The van der Waals surface area contributed by atoms with Gasteiger partial charge in [-0.25, -0.2) is 4.79 Å². The zero-order valence-corrected chi connectivity index (χ0v) is 10.8. The second-order valence-corrected chi connectivity index (χ2v) is 5.41. The zero-order chi connectivity index (χ0) is 13.5. The van der Waals surface area contributed by atoms with Crippen molar-refractivity contribution in [1.82, 2.24) is 4.98 Å². The van der Waals surface area contributed by atoms with Crippen LogP contribution in [-0.2, 0) is 0 Å². The number of nitrogens with one attached hydrogen (secondary N) is 1.